The van der Waals surface area contributed by atoms with Gasteiger partial charge in [-0.15, -0.1) is 0 Å². The van der Waals surface area contributed by atoms with Gasteiger partial charge in [-0.2, -0.15) is 0 Å². The van der Waals surface area contributed by atoms with Crippen LogP contribution in [-0.4, -0.2) is 26.3 Å². The number of carbonyl (C=O) groups is 1. The van der Waals surface area contributed by atoms with Crippen LogP contribution in [0.4, 0.5) is 0 Å². The van der Waals surface area contributed by atoms with E-state index in [1.165, 1.54) is 12.8 Å². The molecule has 1 atom stereocenters. The highest BCUT2D eigenvalue weighted by molar-refractivity contribution is 7.85. The van der Waals surface area contributed by atoms with Crippen LogP contribution in [0.2, 0.25) is 0 Å². The van der Waals surface area contributed by atoms with Crippen LogP contribution in [0.3, 0.4) is 0 Å². The fourth-order valence-corrected chi connectivity index (χ4v) is 4.81. The number of rotatable bonds is 5. The molecule has 1 unspecified atom stereocenters. The van der Waals surface area contributed by atoms with Crippen molar-refractivity contribution in [1.82, 2.24) is 0 Å². The smallest absolute Gasteiger partial charge is 0.303 e. The molecule has 0 spiro atoms. The predicted octanol–water partition coefficient (Wildman–Crippen LogP) is 2.57. The number of aliphatic carboxylic acids is 1. The lowest BCUT2D eigenvalue weighted by molar-refractivity contribution is -0.138. The van der Waals surface area contributed by atoms with Crippen LogP contribution in [0.25, 0.3) is 0 Å². The molecule has 3 nitrogen and oxygen atoms in total. The molecule has 0 heterocycles. The van der Waals surface area contributed by atoms with Gasteiger partial charge in [0.05, 0.1) is 6.42 Å². The second-order valence-corrected chi connectivity index (χ2v) is 7.69. The molecule has 0 aromatic carbocycles. The van der Waals surface area contributed by atoms with Gasteiger partial charge in [0, 0.05) is 21.8 Å². The van der Waals surface area contributed by atoms with Gasteiger partial charge in [0.2, 0.25) is 0 Å². The van der Waals surface area contributed by atoms with E-state index >= 15 is 0 Å². The average Bonchev–Trinajstić information content (AvgIpc) is 2.97. The van der Waals surface area contributed by atoms with E-state index in [0.29, 0.717) is 11.0 Å². The molecule has 0 aliphatic heterocycles. The van der Waals surface area contributed by atoms with Gasteiger partial charge in [0.1, 0.15) is 0 Å². The highest BCUT2D eigenvalue weighted by Crippen LogP contribution is 2.50. The maximum atomic E-state index is 12.3. The number of hydrogen-bond acceptors (Lipinski definition) is 2. The Labute approximate surface area is 105 Å². The fourth-order valence-electron chi connectivity index (χ4n) is 2.78. The Balaban J connectivity index is 1.83. The fraction of sp³-hybridized carbons (Fsp3) is 0.923. The Morgan fingerprint density at radius 1 is 1.29 bits per heavy atom. The van der Waals surface area contributed by atoms with Gasteiger partial charge in [0.15, 0.2) is 0 Å². The average molecular weight is 258 g/mol. The third-order valence-electron chi connectivity index (χ3n) is 4.27. The summed E-state index contributed by atoms with van der Waals surface area (Å²) in [4.78, 5) is 10.8. The van der Waals surface area contributed by atoms with Gasteiger partial charge in [-0.05, 0) is 49.9 Å². The minimum absolute atomic E-state index is 0.111. The zero-order valence-electron chi connectivity index (χ0n) is 10.5. The second kappa shape index (κ2) is 5.09. The van der Waals surface area contributed by atoms with E-state index in [4.69, 9.17) is 5.11 Å². The van der Waals surface area contributed by atoms with E-state index in [9.17, 15) is 9.00 Å². The van der Waals surface area contributed by atoms with Crippen molar-refractivity contribution >= 4 is 16.8 Å². The zero-order chi connectivity index (χ0) is 12.5. The van der Waals surface area contributed by atoms with E-state index in [2.05, 4.69) is 6.92 Å². The molecule has 1 N–H and O–H groups in total. The Kier molecular flexibility index (Phi) is 3.91. The molecule has 0 bridgehead atoms. The lowest BCUT2D eigenvalue weighted by atomic mass is 9.91. The summed E-state index contributed by atoms with van der Waals surface area (Å²) >= 11 is 0. The zero-order valence-corrected chi connectivity index (χ0v) is 11.3. The molecule has 17 heavy (non-hydrogen) atoms. The van der Waals surface area contributed by atoms with Crippen LogP contribution < -0.4 is 0 Å². The van der Waals surface area contributed by atoms with Crippen LogP contribution >= 0.6 is 0 Å². The summed E-state index contributed by atoms with van der Waals surface area (Å²) in [7, 11) is -0.808. The summed E-state index contributed by atoms with van der Waals surface area (Å²) in [6.45, 7) is 2.26. The van der Waals surface area contributed by atoms with E-state index in [1.807, 2.05) is 0 Å². The quantitative estimate of drug-likeness (QED) is 0.824. The topological polar surface area (TPSA) is 54.4 Å². The Hall–Kier alpha value is -0.380. The van der Waals surface area contributed by atoms with Gasteiger partial charge >= 0.3 is 5.97 Å². The van der Waals surface area contributed by atoms with Crippen LogP contribution in [0, 0.1) is 11.3 Å². The van der Waals surface area contributed by atoms with E-state index < -0.39 is 16.8 Å². The lowest BCUT2D eigenvalue weighted by Gasteiger charge is -2.26. The first kappa shape index (κ1) is 13.1. The summed E-state index contributed by atoms with van der Waals surface area (Å²) < 4.78 is 12.3. The highest BCUT2D eigenvalue weighted by atomic mass is 32.2. The van der Waals surface area contributed by atoms with Crippen molar-refractivity contribution < 1.29 is 14.1 Å². The molecule has 2 saturated carbocycles. The van der Waals surface area contributed by atoms with Crippen molar-refractivity contribution in [2.75, 3.05) is 5.75 Å². The molecule has 98 valence electrons. The van der Waals surface area contributed by atoms with E-state index in [0.717, 1.165) is 31.6 Å². The summed E-state index contributed by atoms with van der Waals surface area (Å²) in [5.41, 5.74) is -0.111. The maximum Gasteiger partial charge on any atom is 0.303 e. The SMILES string of the molecule is CC1CCC(S(=O)CC2(CC(=O)O)CC2)CC1. The van der Waals surface area contributed by atoms with Gasteiger partial charge in [0.25, 0.3) is 0 Å². The third kappa shape index (κ3) is 3.54. The van der Waals surface area contributed by atoms with Crippen molar-refractivity contribution in [1.29, 1.82) is 0 Å². The summed E-state index contributed by atoms with van der Waals surface area (Å²) in [6, 6.07) is 0. The van der Waals surface area contributed by atoms with Crippen LogP contribution in [0.1, 0.15) is 51.9 Å². The van der Waals surface area contributed by atoms with Gasteiger partial charge in [-0.3, -0.25) is 9.00 Å². The molecule has 0 radical (unpaired) electrons. The molecule has 2 rings (SSSR count). The summed E-state index contributed by atoms with van der Waals surface area (Å²) in [5, 5.41) is 9.18. The molecular formula is C13H22O3S. The maximum absolute atomic E-state index is 12.3. The molecule has 0 saturated heterocycles. The molecule has 2 fully saturated rings. The number of carboxylic acids is 1. The largest absolute Gasteiger partial charge is 0.481 e. The van der Waals surface area contributed by atoms with Crippen molar-refractivity contribution in [3.63, 3.8) is 0 Å². The van der Waals surface area contributed by atoms with Gasteiger partial charge in [-0.25, -0.2) is 0 Å². The lowest BCUT2D eigenvalue weighted by Crippen LogP contribution is -2.27. The van der Waals surface area contributed by atoms with Crippen molar-refractivity contribution in [2.45, 2.75) is 57.1 Å². The molecule has 2 aliphatic carbocycles. The molecule has 2 aliphatic rings. The molecular weight excluding hydrogens is 236 g/mol. The third-order valence-corrected chi connectivity index (χ3v) is 6.38. The first-order valence-electron chi connectivity index (χ1n) is 6.60. The summed E-state index contributed by atoms with van der Waals surface area (Å²) in [5.74, 6) is 0.659. The number of hydrogen-bond donors (Lipinski definition) is 1. The van der Waals surface area contributed by atoms with Crippen LogP contribution in [-0.2, 0) is 15.6 Å². The second-order valence-electron chi connectivity index (χ2n) is 5.98. The molecule has 0 amide bonds. The molecule has 0 aromatic rings. The van der Waals surface area contributed by atoms with Crippen LogP contribution in [0.5, 0.6) is 0 Å². The Bertz CT molecular complexity index is 315. The molecule has 4 heteroatoms. The molecule has 0 aromatic heterocycles. The Morgan fingerprint density at radius 2 is 1.88 bits per heavy atom. The monoisotopic (exact) mass is 258 g/mol. The highest BCUT2D eigenvalue weighted by Gasteiger charge is 2.46. The minimum Gasteiger partial charge on any atom is -0.481 e. The van der Waals surface area contributed by atoms with Crippen molar-refractivity contribution in [3.05, 3.63) is 0 Å². The number of carboxylic acid groups (broad SMARTS) is 1. The van der Waals surface area contributed by atoms with Crippen LogP contribution in [0.15, 0.2) is 0 Å². The van der Waals surface area contributed by atoms with Gasteiger partial charge in [-0.1, -0.05) is 6.92 Å². The van der Waals surface area contributed by atoms with Crippen molar-refractivity contribution in [2.24, 2.45) is 11.3 Å². The van der Waals surface area contributed by atoms with E-state index in [1.54, 1.807) is 0 Å². The normalized spacial score (nSPS) is 33.0. The Morgan fingerprint density at radius 3 is 2.35 bits per heavy atom. The first-order chi connectivity index (χ1) is 8.01. The minimum atomic E-state index is -0.808. The predicted molar refractivity (Wildman–Crippen MR) is 68.3 cm³/mol. The standard InChI is InChI=1S/C13H22O3S/c1-10-2-4-11(5-3-10)17(16)9-13(6-7-13)8-12(14)15/h10-11H,2-9H2,1H3,(H,14,15). The summed E-state index contributed by atoms with van der Waals surface area (Å²) in [6.07, 6.45) is 6.61. The first-order valence-corrected chi connectivity index (χ1v) is 7.98. The van der Waals surface area contributed by atoms with Gasteiger partial charge < -0.3 is 5.11 Å². The van der Waals surface area contributed by atoms with Crippen molar-refractivity contribution in [3.8, 4) is 0 Å². The van der Waals surface area contributed by atoms with E-state index in [-0.39, 0.29) is 11.8 Å².